The Labute approximate surface area is 95.3 Å². The summed E-state index contributed by atoms with van der Waals surface area (Å²) in [5, 5.41) is 3.95. The summed E-state index contributed by atoms with van der Waals surface area (Å²) in [5.74, 6) is 0. The lowest BCUT2D eigenvalue weighted by atomic mass is 10.0. The van der Waals surface area contributed by atoms with Crippen LogP contribution in [0.25, 0.3) is 0 Å². The van der Waals surface area contributed by atoms with E-state index in [1.807, 2.05) is 32.9 Å². The molecule has 1 aromatic carbocycles. The summed E-state index contributed by atoms with van der Waals surface area (Å²) in [6, 6.07) is 6.08. The molecule has 1 N–H and O–H groups in total. The van der Waals surface area contributed by atoms with Crippen molar-refractivity contribution < 1.29 is 9.53 Å². The summed E-state index contributed by atoms with van der Waals surface area (Å²) >= 11 is 0. The van der Waals surface area contributed by atoms with Crippen molar-refractivity contribution in [2.24, 2.45) is 5.10 Å². The molecule has 1 amide bonds. The molecule has 0 unspecified atom stereocenters. The maximum atomic E-state index is 10.8. The quantitative estimate of drug-likeness (QED) is 0.614. The maximum Gasteiger partial charge on any atom is 0.427 e. The normalized spacial score (nSPS) is 11.1. The number of hydrogen-bond donors (Lipinski definition) is 1. The van der Waals surface area contributed by atoms with Crippen LogP contribution in [0.15, 0.2) is 23.3 Å². The molecule has 86 valence electrons. The molecule has 0 bridgehead atoms. The number of methoxy groups -OCH3 is 1. The van der Waals surface area contributed by atoms with E-state index in [1.54, 1.807) is 0 Å². The molecule has 1 aromatic rings. The minimum absolute atomic E-state index is 0.566. The summed E-state index contributed by atoms with van der Waals surface area (Å²) in [6.45, 7) is 5.89. The van der Waals surface area contributed by atoms with Crippen LogP contribution in [0.3, 0.4) is 0 Å². The fourth-order valence-electron chi connectivity index (χ4n) is 1.45. The monoisotopic (exact) mass is 220 g/mol. The summed E-state index contributed by atoms with van der Waals surface area (Å²) in [4.78, 5) is 10.8. The number of benzene rings is 1. The van der Waals surface area contributed by atoms with Gasteiger partial charge in [-0.2, -0.15) is 5.10 Å². The lowest BCUT2D eigenvalue weighted by Gasteiger charge is -2.06. The summed E-state index contributed by atoms with van der Waals surface area (Å²) < 4.78 is 4.43. The van der Waals surface area contributed by atoms with Gasteiger partial charge >= 0.3 is 6.09 Å². The summed E-state index contributed by atoms with van der Waals surface area (Å²) in [6.07, 6.45) is -0.566. The van der Waals surface area contributed by atoms with Crippen LogP contribution in [0, 0.1) is 13.8 Å². The summed E-state index contributed by atoms with van der Waals surface area (Å²) in [5.41, 5.74) is 6.40. The van der Waals surface area contributed by atoms with Gasteiger partial charge in [0.2, 0.25) is 0 Å². The minimum Gasteiger partial charge on any atom is -0.452 e. The van der Waals surface area contributed by atoms with Crippen LogP contribution in [0.4, 0.5) is 4.79 Å². The minimum atomic E-state index is -0.566. The number of nitrogens with one attached hydrogen (secondary N) is 1. The molecule has 0 fully saturated rings. The van der Waals surface area contributed by atoms with E-state index < -0.39 is 6.09 Å². The fourth-order valence-corrected chi connectivity index (χ4v) is 1.45. The molecule has 0 atom stereocenters. The van der Waals surface area contributed by atoms with Gasteiger partial charge in [-0.05, 0) is 26.3 Å². The number of amides is 1. The van der Waals surface area contributed by atoms with Crippen LogP contribution >= 0.6 is 0 Å². The van der Waals surface area contributed by atoms with Crippen molar-refractivity contribution in [3.63, 3.8) is 0 Å². The Hall–Kier alpha value is -1.84. The van der Waals surface area contributed by atoms with E-state index in [1.165, 1.54) is 12.7 Å². The van der Waals surface area contributed by atoms with E-state index in [-0.39, 0.29) is 0 Å². The maximum absolute atomic E-state index is 10.8. The van der Waals surface area contributed by atoms with Gasteiger partial charge in [0.25, 0.3) is 0 Å². The molecule has 0 aliphatic carbocycles. The first kappa shape index (κ1) is 12.2. The van der Waals surface area contributed by atoms with E-state index in [0.717, 1.165) is 16.8 Å². The number of hydrazone groups is 1. The Bertz CT molecular complexity index is 425. The highest BCUT2D eigenvalue weighted by Gasteiger charge is 2.03. The van der Waals surface area contributed by atoms with Crippen molar-refractivity contribution in [3.8, 4) is 0 Å². The number of nitrogens with zero attached hydrogens (tertiary/aromatic N) is 1. The number of rotatable bonds is 2. The lowest BCUT2D eigenvalue weighted by molar-refractivity contribution is 0.171. The third-order valence-corrected chi connectivity index (χ3v) is 2.27. The van der Waals surface area contributed by atoms with Crippen LogP contribution in [0.2, 0.25) is 0 Å². The molecular formula is C12H16N2O2. The van der Waals surface area contributed by atoms with Gasteiger partial charge in [-0.3, -0.25) is 0 Å². The predicted octanol–water partition coefficient (Wildman–Crippen LogP) is 2.38. The largest absolute Gasteiger partial charge is 0.452 e. The molecule has 0 heterocycles. The van der Waals surface area contributed by atoms with E-state index in [4.69, 9.17) is 0 Å². The average molecular weight is 220 g/mol. The molecule has 0 aliphatic heterocycles. The zero-order valence-corrected chi connectivity index (χ0v) is 10.00. The molecule has 0 spiro atoms. The van der Waals surface area contributed by atoms with Crippen LogP contribution in [0.1, 0.15) is 23.6 Å². The highest BCUT2D eigenvalue weighted by Crippen LogP contribution is 2.11. The molecule has 0 radical (unpaired) electrons. The molecule has 1 rings (SSSR count). The Kier molecular flexibility index (Phi) is 4.05. The SMILES string of the molecule is COC(=O)N/N=C(\C)c1ccc(C)cc1C. The number of carbonyl (C=O) groups excluding carboxylic acids is 1. The Morgan fingerprint density at radius 2 is 2.06 bits per heavy atom. The predicted molar refractivity (Wildman–Crippen MR) is 63.7 cm³/mol. The Balaban J connectivity index is 2.87. The number of ether oxygens (including phenoxy) is 1. The van der Waals surface area contributed by atoms with Gasteiger partial charge in [0.05, 0.1) is 12.8 Å². The Morgan fingerprint density at radius 3 is 2.62 bits per heavy atom. The van der Waals surface area contributed by atoms with E-state index in [9.17, 15) is 4.79 Å². The zero-order valence-electron chi connectivity index (χ0n) is 10.00. The van der Waals surface area contributed by atoms with Gasteiger partial charge in [0, 0.05) is 5.56 Å². The Morgan fingerprint density at radius 1 is 1.38 bits per heavy atom. The molecular weight excluding hydrogens is 204 g/mol. The second-order valence-electron chi connectivity index (χ2n) is 3.62. The van der Waals surface area contributed by atoms with Crippen LogP contribution < -0.4 is 5.43 Å². The van der Waals surface area contributed by atoms with E-state index in [0.29, 0.717) is 0 Å². The summed E-state index contributed by atoms with van der Waals surface area (Å²) in [7, 11) is 1.30. The van der Waals surface area contributed by atoms with Crippen molar-refractivity contribution in [1.82, 2.24) is 5.43 Å². The standard InChI is InChI=1S/C12H16N2O2/c1-8-5-6-11(9(2)7-8)10(3)13-14-12(15)16-4/h5-7H,1-4H3,(H,14,15)/b13-10+. The second kappa shape index (κ2) is 5.30. The highest BCUT2D eigenvalue weighted by molar-refractivity contribution is 6.00. The molecule has 4 nitrogen and oxygen atoms in total. The third kappa shape index (κ3) is 3.08. The fraction of sp³-hybridized carbons (Fsp3) is 0.333. The van der Waals surface area contributed by atoms with Gasteiger partial charge in [-0.1, -0.05) is 23.8 Å². The molecule has 0 aromatic heterocycles. The molecule has 4 heteroatoms. The third-order valence-electron chi connectivity index (χ3n) is 2.27. The van der Waals surface area contributed by atoms with Crippen molar-refractivity contribution >= 4 is 11.8 Å². The first-order chi connectivity index (χ1) is 7.54. The van der Waals surface area contributed by atoms with Crippen LogP contribution in [-0.4, -0.2) is 18.9 Å². The number of carbonyl (C=O) groups is 1. The molecule has 0 saturated heterocycles. The molecule has 0 saturated carbocycles. The van der Waals surface area contributed by atoms with Crippen molar-refractivity contribution in [2.45, 2.75) is 20.8 Å². The first-order valence-corrected chi connectivity index (χ1v) is 5.00. The smallest absolute Gasteiger partial charge is 0.427 e. The molecule has 0 aliphatic rings. The average Bonchev–Trinajstić information content (AvgIpc) is 2.25. The van der Waals surface area contributed by atoms with Gasteiger partial charge in [0.1, 0.15) is 0 Å². The van der Waals surface area contributed by atoms with Crippen molar-refractivity contribution in [3.05, 3.63) is 34.9 Å². The van der Waals surface area contributed by atoms with Crippen LogP contribution in [-0.2, 0) is 4.74 Å². The second-order valence-corrected chi connectivity index (χ2v) is 3.62. The molecule has 16 heavy (non-hydrogen) atoms. The highest BCUT2D eigenvalue weighted by atomic mass is 16.5. The topological polar surface area (TPSA) is 50.7 Å². The van der Waals surface area contributed by atoms with E-state index >= 15 is 0 Å². The van der Waals surface area contributed by atoms with E-state index in [2.05, 4.69) is 21.3 Å². The lowest BCUT2D eigenvalue weighted by Crippen LogP contribution is -2.18. The van der Waals surface area contributed by atoms with Gasteiger partial charge < -0.3 is 4.74 Å². The van der Waals surface area contributed by atoms with Gasteiger partial charge in [-0.15, -0.1) is 0 Å². The van der Waals surface area contributed by atoms with Crippen molar-refractivity contribution in [1.29, 1.82) is 0 Å². The number of hydrogen-bond acceptors (Lipinski definition) is 3. The zero-order chi connectivity index (χ0) is 12.1. The van der Waals surface area contributed by atoms with Gasteiger partial charge in [-0.25, -0.2) is 10.2 Å². The van der Waals surface area contributed by atoms with Crippen LogP contribution in [0.5, 0.6) is 0 Å². The number of aryl methyl sites for hydroxylation is 2. The van der Waals surface area contributed by atoms with Crippen molar-refractivity contribution in [2.75, 3.05) is 7.11 Å². The first-order valence-electron chi connectivity index (χ1n) is 5.00. The van der Waals surface area contributed by atoms with Gasteiger partial charge in [0.15, 0.2) is 0 Å².